The first kappa shape index (κ1) is 11.4. The summed E-state index contributed by atoms with van der Waals surface area (Å²) in [5, 5.41) is 0. The second-order valence-corrected chi connectivity index (χ2v) is 4.64. The van der Waals surface area contributed by atoms with Gasteiger partial charge in [0.1, 0.15) is 0 Å². The van der Waals surface area contributed by atoms with E-state index < -0.39 is 0 Å². The van der Waals surface area contributed by atoms with E-state index in [1.54, 1.807) is 6.92 Å². The lowest BCUT2D eigenvalue weighted by Crippen LogP contribution is -2.24. The number of hydrogen-bond acceptors (Lipinski definition) is 2. The molecule has 0 aromatic carbocycles. The van der Waals surface area contributed by atoms with Crippen LogP contribution in [-0.4, -0.2) is 28.8 Å². The molecule has 0 bridgehead atoms. The number of ketones is 1. The summed E-state index contributed by atoms with van der Waals surface area (Å²) < 4.78 is 0. The first-order valence-corrected chi connectivity index (χ1v) is 6.17. The van der Waals surface area contributed by atoms with Crippen LogP contribution >= 0.6 is 0 Å². The maximum Gasteiger partial charge on any atom is 0.175 e. The van der Waals surface area contributed by atoms with Gasteiger partial charge < -0.3 is 4.98 Å². The zero-order chi connectivity index (χ0) is 11.4. The molecule has 1 aromatic rings. The monoisotopic (exact) mass is 220 g/mol. The summed E-state index contributed by atoms with van der Waals surface area (Å²) in [7, 11) is 0. The minimum absolute atomic E-state index is 0.113. The fourth-order valence-corrected chi connectivity index (χ4v) is 2.27. The molecule has 88 valence electrons. The van der Waals surface area contributed by atoms with E-state index in [-0.39, 0.29) is 5.78 Å². The van der Waals surface area contributed by atoms with E-state index in [9.17, 15) is 4.79 Å². The summed E-state index contributed by atoms with van der Waals surface area (Å²) in [5.74, 6) is 0.113. The number of Topliss-reactive ketones (excluding diaryl/α,β-unsaturated/α-hetero) is 1. The van der Waals surface area contributed by atoms with Crippen LogP contribution in [0.25, 0.3) is 0 Å². The smallest absolute Gasteiger partial charge is 0.175 e. The van der Waals surface area contributed by atoms with E-state index in [0.29, 0.717) is 0 Å². The number of likely N-dealkylation sites (tertiary alicyclic amines) is 1. The third-order valence-electron chi connectivity index (χ3n) is 3.22. The molecule has 2 rings (SSSR count). The fraction of sp³-hybridized carbons (Fsp3) is 0.615. The van der Waals surface area contributed by atoms with Crippen LogP contribution in [-0.2, 0) is 6.54 Å². The number of aromatic amines is 1. The van der Waals surface area contributed by atoms with Crippen molar-refractivity contribution in [1.29, 1.82) is 0 Å². The Balaban J connectivity index is 1.94. The zero-order valence-electron chi connectivity index (χ0n) is 9.96. The fourth-order valence-electron chi connectivity index (χ4n) is 2.27. The van der Waals surface area contributed by atoms with E-state index in [4.69, 9.17) is 0 Å². The minimum Gasteiger partial charge on any atom is -0.355 e. The van der Waals surface area contributed by atoms with Crippen molar-refractivity contribution in [2.75, 3.05) is 13.1 Å². The molecule has 0 unspecified atom stereocenters. The summed E-state index contributed by atoms with van der Waals surface area (Å²) in [6.45, 7) is 4.93. The molecule has 3 heteroatoms. The predicted molar refractivity (Wildman–Crippen MR) is 64.5 cm³/mol. The predicted octanol–water partition coefficient (Wildman–Crippen LogP) is 2.59. The van der Waals surface area contributed by atoms with Crippen molar-refractivity contribution < 1.29 is 4.79 Å². The summed E-state index contributed by atoms with van der Waals surface area (Å²) in [6.07, 6.45) is 5.33. The Kier molecular flexibility index (Phi) is 3.78. The Morgan fingerprint density at radius 1 is 1.25 bits per heavy atom. The van der Waals surface area contributed by atoms with E-state index >= 15 is 0 Å². The highest BCUT2D eigenvalue weighted by atomic mass is 16.1. The lowest BCUT2D eigenvalue weighted by atomic mass is 10.2. The van der Waals surface area contributed by atoms with Crippen molar-refractivity contribution in [2.45, 2.75) is 39.2 Å². The number of aromatic nitrogens is 1. The number of H-pyrrole nitrogens is 1. The van der Waals surface area contributed by atoms with Gasteiger partial charge in [-0.25, -0.2) is 0 Å². The van der Waals surface area contributed by atoms with Gasteiger partial charge in [0.15, 0.2) is 5.78 Å². The number of rotatable bonds is 3. The van der Waals surface area contributed by atoms with Gasteiger partial charge in [-0.2, -0.15) is 0 Å². The highest BCUT2D eigenvalue weighted by Crippen LogP contribution is 2.13. The third kappa shape index (κ3) is 2.95. The molecule has 0 atom stereocenters. The third-order valence-corrected chi connectivity index (χ3v) is 3.22. The second-order valence-electron chi connectivity index (χ2n) is 4.64. The van der Waals surface area contributed by atoms with Gasteiger partial charge in [-0.05, 0) is 38.1 Å². The lowest BCUT2D eigenvalue weighted by Gasteiger charge is -2.18. The summed E-state index contributed by atoms with van der Waals surface area (Å²) in [5.41, 5.74) is 1.89. The van der Waals surface area contributed by atoms with Gasteiger partial charge in [-0.15, -0.1) is 0 Å². The second kappa shape index (κ2) is 5.30. The molecule has 16 heavy (non-hydrogen) atoms. The summed E-state index contributed by atoms with van der Waals surface area (Å²) in [4.78, 5) is 16.8. The van der Waals surface area contributed by atoms with Crippen LogP contribution < -0.4 is 0 Å². The van der Waals surface area contributed by atoms with Gasteiger partial charge in [0.05, 0.1) is 5.69 Å². The minimum atomic E-state index is 0.113. The number of nitrogens with one attached hydrogen (secondary N) is 1. The van der Waals surface area contributed by atoms with E-state index in [0.717, 1.165) is 17.9 Å². The normalized spacial score (nSPS) is 18.3. The average molecular weight is 220 g/mol. The molecule has 0 radical (unpaired) electrons. The first-order valence-electron chi connectivity index (χ1n) is 6.17. The Bertz CT molecular complexity index is 349. The molecule has 1 aromatic heterocycles. The molecular formula is C13H20N2O. The molecule has 3 nitrogen and oxygen atoms in total. The standard InChI is InChI=1S/C13H20N2O/c1-11(16)13-7-6-12(14-13)10-15-8-4-2-3-5-9-15/h6-7,14H,2-5,8-10H2,1H3. The van der Waals surface area contributed by atoms with Crippen LogP contribution in [0.3, 0.4) is 0 Å². The Morgan fingerprint density at radius 2 is 1.94 bits per heavy atom. The van der Waals surface area contributed by atoms with Crippen molar-refractivity contribution in [3.05, 3.63) is 23.5 Å². The van der Waals surface area contributed by atoms with Crippen LogP contribution in [0.1, 0.15) is 48.8 Å². The summed E-state index contributed by atoms with van der Waals surface area (Å²) in [6, 6.07) is 3.91. The molecular weight excluding hydrogens is 200 g/mol. The van der Waals surface area contributed by atoms with E-state index in [1.165, 1.54) is 38.8 Å². The van der Waals surface area contributed by atoms with Gasteiger partial charge in [-0.1, -0.05) is 12.8 Å². The van der Waals surface area contributed by atoms with Crippen LogP contribution in [0.5, 0.6) is 0 Å². The SMILES string of the molecule is CC(=O)c1ccc(CN2CCCCCC2)[nH]1. The maximum absolute atomic E-state index is 11.2. The molecule has 0 saturated carbocycles. The molecule has 1 fully saturated rings. The van der Waals surface area contributed by atoms with Crippen LogP contribution in [0.4, 0.5) is 0 Å². The first-order chi connectivity index (χ1) is 7.75. The quantitative estimate of drug-likeness (QED) is 0.795. The van der Waals surface area contributed by atoms with Crippen molar-refractivity contribution in [1.82, 2.24) is 9.88 Å². The van der Waals surface area contributed by atoms with Gasteiger partial charge in [-0.3, -0.25) is 9.69 Å². The Hall–Kier alpha value is -1.09. The van der Waals surface area contributed by atoms with Crippen molar-refractivity contribution in [2.24, 2.45) is 0 Å². The topological polar surface area (TPSA) is 36.1 Å². The summed E-state index contributed by atoms with van der Waals surface area (Å²) >= 11 is 0. The lowest BCUT2D eigenvalue weighted by molar-refractivity contribution is 0.101. The molecule has 1 N–H and O–H groups in total. The molecule has 0 aliphatic carbocycles. The van der Waals surface area contributed by atoms with Crippen LogP contribution in [0.2, 0.25) is 0 Å². The van der Waals surface area contributed by atoms with E-state index in [1.807, 2.05) is 12.1 Å². The molecule has 2 heterocycles. The van der Waals surface area contributed by atoms with Gasteiger partial charge >= 0.3 is 0 Å². The molecule has 1 saturated heterocycles. The zero-order valence-corrected chi connectivity index (χ0v) is 9.96. The number of carbonyl (C=O) groups excluding carboxylic acids is 1. The molecule has 1 aliphatic heterocycles. The van der Waals surface area contributed by atoms with Gasteiger partial charge in [0, 0.05) is 19.2 Å². The number of nitrogens with zero attached hydrogens (tertiary/aromatic N) is 1. The Labute approximate surface area is 96.8 Å². The van der Waals surface area contributed by atoms with Gasteiger partial charge in [0.25, 0.3) is 0 Å². The largest absolute Gasteiger partial charge is 0.355 e. The average Bonchev–Trinajstić information content (AvgIpc) is 2.56. The van der Waals surface area contributed by atoms with Crippen LogP contribution in [0, 0.1) is 0 Å². The maximum atomic E-state index is 11.2. The van der Waals surface area contributed by atoms with Crippen molar-refractivity contribution in [3.8, 4) is 0 Å². The molecule has 0 spiro atoms. The Morgan fingerprint density at radius 3 is 2.50 bits per heavy atom. The molecule has 0 amide bonds. The van der Waals surface area contributed by atoms with Crippen molar-refractivity contribution in [3.63, 3.8) is 0 Å². The molecule has 1 aliphatic rings. The number of hydrogen-bond donors (Lipinski definition) is 1. The highest BCUT2D eigenvalue weighted by Gasteiger charge is 2.11. The van der Waals surface area contributed by atoms with Crippen LogP contribution in [0.15, 0.2) is 12.1 Å². The van der Waals surface area contributed by atoms with E-state index in [2.05, 4.69) is 9.88 Å². The number of carbonyl (C=O) groups is 1. The van der Waals surface area contributed by atoms with Crippen molar-refractivity contribution >= 4 is 5.78 Å². The highest BCUT2D eigenvalue weighted by molar-refractivity contribution is 5.92. The van der Waals surface area contributed by atoms with Gasteiger partial charge in [0.2, 0.25) is 0 Å².